The molecule has 0 aliphatic heterocycles. The molecule has 0 atom stereocenters. The van der Waals surface area contributed by atoms with E-state index in [1.165, 1.54) is 29.8 Å². The molecule has 27 heavy (non-hydrogen) atoms. The minimum absolute atomic E-state index is 0.0313. The molecule has 0 spiro atoms. The van der Waals surface area contributed by atoms with E-state index in [0.29, 0.717) is 9.50 Å². The van der Waals surface area contributed by atoms with Crippen molar-refractivity contribution < 1.29 is 12.6 Å². The predicted octanol–water partition coefficient (Wildman–Crippen LogP) is 5.93. The molecule has 3 rings (SSSR count). The van der Waals surface area contributed by atoms with Crippen LogP contribution in [-0.4, -0.2) is 14.6 Å². The van der Waals surface area contributed by atoms with Crippen molar-refractivity contribution in [1.29, 1.82) is 0 Å². The summed E-state index contributed by atoms with van der Waals surface area (Å²) in [5, 5.41) is 0.451. The van der Waals surface area contributed by atoms with Gasteiger partial charge in [-0.1, -0.05) is 29.3 Å². The lowest BCUT2D eigenvalue weighted by Gasteiger charge is -2.09. The summed E-state index contributed by atoms with van der Waals surface area (Å²) in [6.45, 7) is 2.02. The number of halogens is 2. The maximum absolute atomic E-state index is 12.4. The molecule has 0 unspecified atom stereocenters. The van der Waals surface area contributed by atoms with Gasteiger partial charge in [-0.05, 0) is 83.0 Å². The van der Waals surface area contributed by atoms with Gasteiger partial charge in [0.15, 0.2) is 5.75 Å². The van der Waals surface area contributed by atoms with Crippen LogP contribution in [0.3, 0.4) is 0 Å². The van der Waals surface area contributed by atoms with E-state index >= 15 is 0 Å². The number of hydrogen-bond donors (Lipinski definition) is 0. The fourth-order valence-corrected chi connectivity index (χ4v) is 3.87. The summed E-state index contributed by atoms with van der Waals surface area (Å²) in [5.74, 6) is 0.192. The zero-order valence-corrected chi connectivity index (χ0v) is 17.4. The molecule has 0 heterocycles. The summed E-state index contributed by atoms with van der Waals surface area (Å²) in [6, 6.07) is 18.7. The Morgan fingerprint density at radius 2 is 1.67 bits per heavy atom. The fourth-order valence-electron chi connectivity index (χ4n) is 2.21. The number of aryl methyl sites for hydroxylation is 1. The predicted molar refractivity (Wildman–Crippen MR) is 112 cm³/mol. The van der Waals surface area contributed by atoms with Crippen LogP contribution in [-0.2, 0) is 10.1 Å². The van der Waals surface area contributed by atoms with Crippen LogP contribution in [0.2, 0.25) is 5.02 Å². The van der Waals surface area contributed by atoms with Crippen LogP contribution >= 0.6 is 27.5 Å². The fraction of sp³-hybridized carbons (Fsp3) is 0.0500. The van der Waals surface area contributed by atoms with Crippen molar-refractivity contribution in [3.63, 3.8) is 0 Å². The standard InChI is InChI=1S/C20H15BrClNO3S/c1-14-2-7-17(8-3-14)23-13-15-4-11-20(19(21)12-15)26-27(24,25)18-9-5-16(22)6-10-18/h2-13H,1H3. The van der Waals surface area contributed by atoms with E-state index in [1.807, 2.05) is 31.2 Å². The third-order valence-corrected chi connectivity index (χ3v) is 5.77. The maximum Gasteiger partial charge on any atom is 0.339 e. The van der Waals surface area contributed by atoms with E-state index in [2.05, 4.69) is 20.9 Å². The van der Waals surface area contributed by atoms with E-state index in [0.717, 1.165) is 11.3 Å². The highest BCUT2D eigenvalue weighted by atomic mass is 79.9. The topological polar surface area (TPSA) is 55.7 Å². The van der Waals surface area contributed by atoms with Gasteiger partial charge in [0.1, 0.15) is 4.90 Å². The van der Waals surface area contributed by atoms with Crippen molar-refractivity contribution in [3.8, 4) is 5.75 Å². The van der Waals surface area contributed by atoms with Crippen molar-refractivity contribution in [2.75, 3.05) is 0 Å². The van der Waals surface area contributed by atoms with Gasteiger partial charge in [0, 0.05) is 11.2 Å². The molecule has 0 aromatic heterocycles. The lowest BCUT2D eigenvalue weighted by molar-refractivity contribution is 0.484. The molecule has 0 saturated heterocycles. The second-order valence-electron chi connectivity index (χ2n) is 5.77. The summed E-state index contributed by atoms with van der Waals surface area (Å²) < 4.78 is 30.5. The van der Waals surface area contributed by atoms with Crippen LogP contribution < -0.4 is 4.18 Å². The lowest BCUT2D eigenvalue weighted by Crippen LogP contribution is -2.10. The average Bonchev–Trinajstić information content (AvgIpc) is 2.63. The number of benzene rings is 3. The van der Waals surface area contributed by atoms with Gasteiger partial charge < -0.3 is 4.18 Å². The molecule has 4 nitrogen and oxygen atoms in total. The largest absolute Gasteiger partial charge is 0.378 e. The van der Waals surface area contributed by atoms with Crippen LogP contribution in [0.5, 0.6) is 5.75 Å². The van der Waals surface area contributed by atoms with Gasteiger partial charge >= 0.3 is 10.1 Å². The third-order valence-electron chi connectivity index (χ3n) is 3.65. The van der Waals surface area contributed by atoms with Gasteiger partial charge in [-0.2, -0.15) is 8.42 Å². The van der Waals surface area contributed by atoms with E-state index in [9.17, 15) is 8.42 Å². The Kier molecular flexibility index (Phi) is 5.99. The minimum atomic E-state index is -3.95. The minimum Gasteiger partial charge on any atom is -0.378 e. The molecule has 0 amide bonds. The van der Waals surface area contributed by atoms with Gasteiger partial charge in [0.2, 0.25) is 0 Å². The molecule has 0 aliphatic rings. The highest BCUT2D eigenvalue weighted by Gasteiger charge is 2.18. The van der Waals surface area contributed by atoms with Crippen molar-refractivity contribution in [2.45, 2.75) is 11.8 Å². The molecular formula is C20H15BrClNO3S. The average molecular weight is 465 g/mol. The zero-order valence-electron chi connectivity index (χ0n) is 14.3. The van der Waals surface area contributed by atoms with Crippen molar-refractivity contribution in [3.05, 3.63) is 87.4 Å². The Labute approximate surface area is 171 Å². The summed E-state index contributed by atoms with van der Waals surface area (Å²) in [6.07, 6.45) is 1.70. The van der Waals surface area contributed by atoms with Crippen molar-refractivity contribution >= 4 is 49.6 Å². The summed E-state index contributed by atoms with van der Waals surface area (Å²) >= 11 is 9.14. The van der Waals surface area contributed by atoms with Gasteiger partial charge in [-0.3, -0.25) is 4.99 Å². The summed E-state index contributed by atoms with van der Waals surface area (Å²) in [4.78, 5) is 4.43. The number of hydrogen-bond acceptors (Lipinski definition) is 4. The molecule has 3 aromatic rings. The molecule has 3 aromatic carbocycles. The second kappa shape index (κ2) is 8.25. The Morgan fingerprint density at radius 1 is 1.00 bits per heavy atom. The first-order valence-electron chi connectivity index (χ1n) is 7.94. The molecule has 0 bridgehead atoms. The first-order valence-corrected chi connectivity index (χ1v) is 10.5. The van der Waals surface area contributed by atoms with E-state index in [-0.39, 0.29) is 10.6 Å². The van der Waals surface area contributed by atoms with E-state index < -0.39 is 10.1 Å². The van der Waals surface area contributed by atoms with Crippen LogP contribution in [0.4, 0.5) is 5.69 Å². The summed E-state index contributed by atoms with van der Waals surface area (Å²) in [7, 11) is -3.95. The van der Waals surface area contributed by atoms with E-state index in [1.54, 1.807) is 24.4 Å². The monoisotopic (exact) mass is 463 g/mol. The maximum atomic E-state index is 12.4. The molecule has 0 aliphatic carbocycles. The molecule has 0 saturated carbocycles. The van der Waals surface area contributed by atoms with Crippen molar-refractivity contribution in [2.24, 2.45) is 4.99 Å². The Hall–Kier alpha value is -2.15. The van der Waals surface area contributed by atoms with Crippen LogP contribution in [0, 0.1) is 6.92 Å². The lowest BCUT2D eigenvalue weighted by atomic mass is 10.2. The Balaban J connectivity index is 1.78. The SMILES string of the molecule is Cc1ccc(N=Cc2ccc(OS(=O)(=O)c3ccc(Cl)cc3)c(Br)c2)cc1. The second-order valence-corrected chi connectivity index (χ2v) is 8.61. The molecule has 0 fully saturated rings. The normalized spacial score (nSPS) is 11.7. The highest BCUT2D eigenvalue weighted by molar-refractivity contribution is 9.10. The quantitative estimate of drug-likeness (QED) is 0.347. The van der Waals surface area contributed by atoms with Gasteiger partial charge in [0.25, 0.3) is 0 Å². The van der Waals surface area contributed by atoms with Gasteiger partial charge in [0.05, 0.1) is 10.2 Å². The smallest absolute Gasteiger partial charge is 0.339 e. The molecule has 0 radical (unpaired) electrons. The molecule has 138 valence electrons. The Morgan fingerprint density at radius 3 is 2.30 bits per heavy atom. The number of nitrogens with zero attached hydrogens (tertiary/aromatic N) is 1. The van der Waals surface area contributed by atoms with Crippen LogP contribution in [0.25, 0.3) is 0 Å². The van der Waals surface area contributed by atoms with Gasteiger partial charge in [-0.15, -0.1) is 0 Å². The van der Waals surface area contributed by atoms with Crippen LogP contribution in [0.1, 0.15) is 11.1 Å². The first-order chi connectivity index (χ1) is 12.8. The summed E-state index contributed by atoms with van der Waals surface area (Å²) in [5.41, 5.74) is 2.81. The first kappa shape index (κ1) is 19.6. The highest BCUT2D eigenvalue weighted by Crippen LogP contribution is 2.29. The number of rotatable bonds is 5. The molecule has 0 N–H and O–H groups in total. The van der Waals surface area contributed by atoms with Gasteiger partial charge in [-0.25, -0.2) is 0 Å². The number of aliphatic imine (C=N–C) groups is 1. The van der Waals surface area contributed by atoms with Crippen LogP contribution in [0.15, 0.2) is 81.1 Å². The van der Waals surface area contributed by atoms with E-state index in [4.69, 9.17) is 15.8 Å². The molecule has 7 heteroatoms. The van der Waals surface area contributed by atoms with Crippen molar-refractivity contribution in [1.82, 2.24) is 0 Å². The zero-order chi connectivity index (χ0) is 19.4. The third kappa shape index (κ3) is 5.19. The Bertz CT molecular complexity index is 1080. The molecular weight excluding hydrogens is 450 g/mol.